The maximum absolute atomic E-state index is 6.08. The zero-order valence-corrected chi connectivity index (χ0v) is 9.00. The van der Waals surface area contributed by atoms with Gasteiger partial charge in [-0.2, -0.15) is 0 Å². The minimum Gasteiger partial charge on any atom is -0.324 e. The Morgan fingerprint density at radius 1 is 1.29 bits per heavy atom. The molecule has 2 heteroatoms. The maximum Gasteiger partial charge on any atom is 0.0303 e. The molecular formula is C12H16ClN. The van der Waals surface area contributed by atoms with Crippen molar-refractivity contribution in [1.82, 2.24) is 0 Å². The van der Waals surface area contributed by atoms with E-state index in [1.807, 2.05) is 0 Å². The van der Waals surface area contributed by atoms with Gasteiger partial charge in [0.25, 0.3) is 0 Å². The third-order valence-corrected chi connectivity index (χ3v) is 3.33. The molecule has 2 atom stereocenters. The summed E-state index contributed by atoms with van der Waals surface area (Å²) in [5.74, 6) is 1.40. The van der Waals surface area contributed by atoms with Crippen LogP contribution in [0.25, 0.3) is 0 Å². The number of nitrogens with two attached hydrogens (primary N) is 1. The first-order valence-electron chi connectivity index (χ1n) is 5.23. The summed E-state index contributed by atoms with van der Waals surface area (Å²) in [7, 11) is 0. The van der Waals surface area contributed by atoms with E-state index in [9.17, 15) is 0 Å². The van der Waals surface area contributed by atoms with Gasteiger partial charge in [-0.25, -0.2) is 0 Å². The molecule has 76 valence electrons. The quantitative estimate of drug-likeness (QED) is 0.761. The molecule has 0 fully saturated rings. The van der Waals surface area contributed by atoms with Gasteiger partial charge >= 0.3 is 0 Å². The fraction of sp³-hybridized carbons (Fsp3) is 0.500. The van der Waals surface area contributed by atoms with E-state index in [-0.39, 0.29) is 6.04 Å². The lowest BCUT2D eigenvalue weighted by molar-refractivity contribution is 0.561. The highest BCUT2D eigenvalue weighted by Gasteiger charge is 2.27. The summed E-state index contributed by atoms with van der Waals surface area (Å²) in [6.45, 7) is 0. The Kier molecular flexibility index (Phi) is 3.09. The van der Waals surface area contributed by atoms with Gasteiger partial charge in [-0.05, 0) is 36.3 Å². The first-order chi connectivity index (χ1) is 6.83. The van der Waals surface area contributed by atoms with Crippen molar-refractivity contribution >= 4 is 11.6 Å². The molecule has 0 saturated heterocycles. The zero-order valence-electron chi connectivity index (χ0n) is 8.25. The molecule has 1 aromatic carbocycles. The molecule has 14 heavy (non-hydrogen) atoms. The summed E-state index contributed by atoms with van der Waals surface area (Å²) in [5, 5.41) is 0. The van der Waals surface area contributed by atoms with Crippen LogP contribution in [-0.4, -0.2) is 5.88 Å². The van der Waals surface area contributed by atoms with E-state index in [2.05, 4.69) is 24.3 Å². The molecule has 2 rings (SSSR count). The van der Waals surface area contributed by atoms with Crippen LogP contribution in [0.5, 0.6) is 0 Å². The van der Waals surface area contributed by atoms with Gasteiger partial charge in [-0.15, -0.1) is 11.6 Å². The number of benzene rings is 1. The highest BCUT2D eigenvalue weighted by molar-refractivity contribution is 6.17. The molecule has 0 radical (unpaired) electrons. The predicted octanol–water partition coefficient (Wildman–Crippen LogP) is 3.19. The third kappa shape index (κ3) is 1.79. The van der Waals surface area contributed by atoms with Crippen LogP contribution in [0, 0.1) is 0 Å². The van der Waals surface area contributed by atoms with Gasteiger partial charge in [-0.3, -0.25) is 0 Å². The molecule has 2 N–H and O–H groups in total. The molecule has 1 aliphatic carbocycles. The van der Waals surface area contributed by atoms with E-state index < -0.39 is 0 Å². The second-order valence-electron chi connectivity index (χ2n) is 4.00. The number of rotatable bonds is 3. The summed E-state index contributed by atoms with van der Waals surface area (Å²) in [6.07, 6.45) is 3.36. The minimum absolute atomic E-state index is 0.242. The van der Waals surface area contributed by atoms with Gasteiger partial charge in [0.15, 0.2) is 0 Å². The lowest BCUT2D eigenvalue weighted by Gasteiger charge is -2.09. The van der Waals surface area contributed by atoms with Crippen molar-refractivity contribution < 1.29 is 0 Å². The number of hydrogen-bond acceptors (Lipinski definition) is 1. The summed E-state index contributed by atoms with van der Waals surface area (Å²) < 4.78 is 0. The van der Waals surface area contributed by atoms with Gasteiger partial charge in [0.2, 0.25) is 0 Å². The molecule has 0 amide bonds. The molecule has 0 heterocycles. The van der Waals surface area contributed by atoms with Gasteiger partial charge < -0.3 is 5.73 Å². The highest BCUT2D eigenvalue weighted by atomic mass is 35.5. The molecule has 0 aliphatic heterocycles. The monoisotopic (exact) mass is 209 g/mol. The topological polar surface area (TPSA) is 26.0 Å². The van der Waals surface area contributed by atoms with Crippen molar-refractivity contribution in [1.29, 1.82) is 0 Å². The van der Waals surface area contributed by atoms with Crippen LogP contribution in [-0.2, 0) is 0 Å². The van der Waals surface area contributed by atoms with Crippen molar-refractivity contribution in [2.24, 2.45) is 5.73 Å². The van der Waals surface area contributed by atoms with Crippen molar-refractivity contribution in [3.8, 4) is 0 Å². The normalized spacial score (nSPS) is 25.0. The van der Waals surface area contributed by atoms with Crippen molar-refractivity contribution in [2.45, 2.75) is 31.2 Å². The Balaban J connectivity index is 2.17. The average Bonchev–Trinajstić information content (AvgIpc) is 2.54. The third-order valence-electron chi connectivity index (χ3n) is 3.06. The molecular weight excluding hydrogens is 194 g/mol. The Morgan fingerprint density at radius 3 is 2.71 bits per heavy atom. The van der Waals surface area contributed by atoms with Crippen molar-refractivity contribution in [3.63, 3.8) is 0 Å². The largest absolute Gasteiger partial charge is 0.324 e. The first-order valence-corrected chi connectivity index (χ1v) is 5.76. The van der Waals surface area contributed by atoms with Crippen LogP contribution in [0.1, 0.15) is 42.3 Å². The van der Waals surface area contributed by atoms with Crippen LogP contribution < -0.4 is 5.73 Å². The van der Waals surface area contributed by atoms with Crippen LogP contribution >= 0.6 is 11.6 Å². The van der Waals surface area contributed by atoms with E-state index in [1.165, 1.54) is 17.5 Å². The molecule has 0 saturated carbocycles. The lowest BCUT2D eigenvalue weighted by Crippen LogP contribution is -2.05. The fourth-order valence-electron chi connectivity index (χ4n) is 2.38. The standard InChI is InChI=1S/C12H16ClN/c13-7-3-4-9-8-12(14)11-6-2-1-5-10(9)11/h1-2,5-6,9,12H,3-4,7-8,14H2/t9-,12+/m1/s1. The van der Waals surface area contributed by atoms with E-state index in [0.29, 0.717) is 5.92 Å². The summed E-state index contributed by atoms with van der Waals surface area (Å²) in [4.78, 5) is 0. The van der Waals surface area contributed by atoms with Gasteiger partial charge in [0.05, 0.1) is 0 Å². The molecule has 0 aromatic heterocycles. The second kappa shape index (κ2) is 4.33. The smallest absolute Gasteiger partial charge is 0.0303 e. The van der Waals surface area contributed by atoms with Crippen molar-refractivity contribution in [3.05, 3.63) is 35.4 Å². The number of hydrogen-bond donors (Lipinski definition) is 1. The van der Waals surface area contributed by atoms with E-state index in [4.69, 9.17) is 17.3 Å². The van der Waals surface area contributed by atoms with Crippen LogP contribution in [0.2, 0.25) is 0 Å². The van der Waals surface area contributed by atoms with Gasteiger partial charge in [-0.1, -0.05) is 24.3 Å². The summed E-state index contributed by atoms with van der Waals surface area (Å²) >= 11 is 5.71. The number of alkyl halides is 1. The zero-order chi connectivity index (χ0) is 9.97. The number of halogens is 1. The van der Waals surface area contributed by atoms with Crippen LogP contribution in [0.4, 0.5) is 0 Å². The van der Waals surface area contributed by atoms with E-state index in [1.54, 1.807) is 0 Å². The Morgan fingerprint density at radius 2 is 2.00 bits per heavy atom. The van der Waals surface area contributed by atoms with Gasteiger partial charge in [0, 0.05) is 11.9 Å². The van der Waals surface area contributed by atoms with E-state index >= 15 is 0 Å². The van der Waals surface area contributed by atoms with Crippen LogP contribution in [0.3, 0.4) is 0 Å². The molecule has 1 nitrogen and oxygen atoms in total. The molecule has 0 spiro atoms. The Hall–Kier alpha value is -0.530. The Bertz CT molecular complexity index is 311. The van der Waals surface area contributed by atoms with E-state index in [0.717, 1.165) is 18.7 Å². The first kappa shape index (κ1) is 10.0. The molecule has 0 bridgehead atoms. The van der Waals surface area contributed by atoms with Crippen LogP contribution in [0.15, 0.2) is 24.3 Å². The fourth-order valence-corrected chi connectivity index (χ4v) is 2.53. The highest BCUT2D eigenvalue weighted by Crippen LogP contribution is 2.41. The average molecular weight is 210 g/mol. The molecule has 1 aliphatic rings. The molecule has 1 aromatic rings. The summed E-state index contributed by atoms with van der Waals surface area (Å²) in [5.41, 5.74) is 8.86. The SMILES string of the molecule is N[C@H]1C[C@@H](CCCCl)c2ccccc21. The summed E-state index contributed by atoms with van der Waals surface area (Å²) in [6, 6.07) is 8.78. The molecule has 0 unspecified atom stereocenters. The number of fused-ring (bicyclic) bond motifs is 1. The lowest BCUT2D eigenvalue weighted by atomic mass is 9.97. The second-order valence-corrected chi connectivity index (χ2v) is 4.38. The van der Waals surface area contributed by atoms with Crippen molar-refractivity contribution in [2.75, 3.05) is 5.88 Å². The Labute approximate surface area is 90.3 Å². The van der Waals surface area contributed by atoms with Gasteiger partial charge in [0.1, 0.15) is 0 Å². The predicted molar refractivity (Wildman–Crippen MR) is 60.7 cm³/mol. The minimum atomic E-state index is 0.242. The maximum atomic E-state index is 6.08.